The molecule has 0 spiro atoms. The Balaban J connectivity index is 5.56. The van der Waals surface area contributed by atoms with Crippen molar-refractivity contribution in [1.29, 1.82) is 0 Å². The van der Waals surface area contributed by atoms with Crippen LogP contribution in [0.2, 0.25) is 0 Å². The molecule has 0 aromatic carbocycles. The van der Waals surface area contributed by atoms with E-state index in [0.29, 0.717) is 0 Å². The molecule has 4 heteroatoms. The van der Waals surface area contributed by atoms with Crippen molar-refractivity contribution in [1.82, 2.24) is 0 Å². The van der Waals surface area contributed by atoms with Crippen LogP contribution >= 0.6 is 0 Å². The van der Waals surface area contributed by atoms with E-state index in [1.54, 1.807) is 48.5 Å². The van der Waals surface area contributed by atoms with Crippen molar-refractivity contribution in [2.45, 2.75) is 63.5 Å². The Kier molecular flexibility index (Phi) is 3.18. The Bertz CT molecular complexity index is 302. The van der Waals surface area contributed by atoms with Crippen molar-refractivity contribution in [3.63, 3.8) is 0 Å². The van der Waals surface area contributed by atoms with Crippen LogP contribution in [0.4, 0.5) is 0 Å². The fourth-order valence-corrected chi connectivity index (χ4v) is 3.34. The highest BCUT2D eigenvalue weighted by Gasteiger charge is 2.50. The van der Waals surface area contributed by atoms with Crippen LogP contribution in [0.15, 0.2) is 0 Å². The highest BCUT2D eigenvalue weighted by atomic mass is 32.2. The number of nitrogens with two attached hydrogens (primary N) is 1. The van der Waals surface area contributed by atoms with Crippen molar-refractivity contribution in [2.75, 3.05) is 0 Å². The largest absolute Gasteiger partial charge is 0.324 e. The summed E-state index contributed by atoms with van der Waals surface area (Å²) in [6.07, 6.45) is 0. The van der Waals surface area contributed by atoms with E-state index in [0.717, 1.165) is 0 Å². The van der Waals surface area contributed by atoms with E-state index in [4.69, 9.17) is 5.73 Å². The number of rotatable bonds is 2. The summed E-state index contributed by atoms with van der Waals surface area (Å²) in [7, 11) is -3.26. The first kappa shape index (κ1) is 13.9. The van der Waals surface area contributed by atoms with E-state index < -0.39 is 24.9 Å². The Morgan fingerprint density at radius 3 is 1.21 bits per heavy atom. The van der Waals surface area contributed by atoms with Crippen LogP contribution in [0.5, 0.6) is 0 Å². The fraction of sp³-hybridized carbons (Fsp3) is 1.00. The van der Waals surface area contributed by atoms with Crippen molar-refractivity contribution in [3.05, 3.63) is 0 Å². The van der Waals surface area contributed by atoms with Crippen LogP contribution in [0.1, 0.15) is 48.5 Å². The summed E-state index contributed by atoms with van der Waals surface area (Å²) < 4.78 is 22.8. The van der Waals surface area contributed by atoms with E-state index >= 15 is 0 Å². The molecular formula is C10H23NO2S. The second kappa shape index (κ2) is 3.20. The minimum absolute atomic E-state index is 0.751. The van der Waals surface area contributed by atoms with Crippen molar-refractivity contribution in [3.8, 4) is 0 Å². The highest BCUT2D eigenvalue weighted by molar-refractivity contribution is 7.94. The monoisotopic (exact) mass is 221 g/mol. The smallest absolute Gasteiger partial charge is 0.162 e. The van der Waals surface area contributed by atoms with Gasteiger partial charge in [-0.05, 0) is 48.5 Å². The molecule has 86 valence electrons. The Morgan fingerprint density at radius 2 is 1.14 bits per heavy atom. The average molecular weight is 221 g/mol. The first-order valence-corrected chi connectivity index (χ1v) is 6.26. The van der Waals surface area contributed by atoms with Crippen LogP contribution in [0.3, 0.4) is 0 Å². The summed E-state index contributed by atoms with van der Waals surface area (Å²) in [6, 6.07) is 0. The molecule has 0 saturated carbocycles. The topological polar surface area (TPSA) is 60.2 Å². The average Bonchev–Trinajstić information content (AvgIpc) is 1.81. The lowest BCUT2D eigenvalue weighted by Crippen LogP contribution is -2.60. The van der Waals surface area contributed by atoms with Crippen molar-refractivity contribution >= 4 is 9.84 Å². The normalized spacial score (nSPS) is 15.7. The molecule has 0 fully saturated rings. The maximum Gasteiger partial charge on any atom is 0.162 e. The minimum atomic E-state index is -3.26. The standard InChI is InChI=1S/C10H23NO2S/c1-8(2,3)14(12,13)10(6,7)9(4,5)11/h11H2,1-7H3. The number of sulfone groups is 1. The molecule has 0 aliphatic heterocycles. The van der Waals surface area contributed by atoms with E-state index in [1.165, 1.54) is 0 Å². The van der Waals surface area contributed by atoms with Gasteiger partial charge in [0, 0.05) is 5.54 Å². The SMILES string of the molecule is CC(C)(N)C(C)(C)S(=O)(=O)C(C)(C)C. The molecule has 0 heterocycles. The zero-order chi connectivity index (χ0) is 12.0. The first-order valence-electron chi connectivity index (χ1n) is 4.78. The molecule has 0 rings (SSSR count). The molecule has 0 radical (unpaired) electrons. The molecule has 3 nitrogen and oxygen atoms in total. The van der Waals surface area contributed by atoms with Gasteiger partial charge in [-0.15, -0.1) is 0 Å². The summed E-state index contributed by atoms with van der Waals surface area (Å²) in [4.78, 5) is 0. The second-order valence-electron chi connectivity index (χ2n) is 5.85. The predicted octanol–water partition coefficient (Wildman–Crippen LogP) is 1.72. The molecule has 0 aromatic heterocycles. The summed E-state index contributed by atoms with van der Waals surface area (Å²) in [5, 5.41) is 0. The van der Waals surface area contributed by atoms with Crippen molar-refractivity contribution < 1.29 is 8.42 Å². The maximum atomic E-state index is 12.2. The zero-order valence-corrected chi connectivity index (χ0v) is 11.1. The molecule has 0 amide bonds. The van der Waals surface area contributed by atoms with Gasteiger partial charge in [0.05, 0.1) is 9.49 Å². The van der Waals surface area contributed by atoms with Gasteiger partial charge in [0.25, 0.3) is 0 Å². The molecule has 0 atom stereocenters. The Labute approximate surface area is 88.0 Å². The van der Waals surface area contributed by atoms with Gasteiger partial charge in [-0.2, -0.15) is 0 Å². The maximum absolute atomic E-state index is 12.2. The number of hydrogen-bond donors (Lipinski definition) is 1. The van der Waals surface area contributed by atoms with Gasteiger partial charge in [0.15, 0.2) is 9.84 Å². The van der Waals surface area contributed by atoms with E-state index in [1.807, 2.05) is 0 Å². The van der Waals surface area contributed by atoms with Crippen LogP contribution < -0.4 is 5.73 Å². The minimum Gasteiger partial charge on any atom is -0.324 e. The molecule has 0 aliphatic rings. The van der Waals surface area contributed by atoms with Crippen LogP contribution in [-0.4, -0.2) is 23.5 Å². The van der Waals surface area contributed by atoms with Gasteiger partial charge >= 0.3 is 0 Å². The summed E-state index contributed by atoms with van der Waals surface area (Å²) in [5.41, 5.74) is 5.17. The Hall–Kier alpha value is -0.0900. The molecule has 0 unspecified atom stereocenters. The van der Waals surface area contributed by atoms with E-state index in [2.05, 4.69) is 0 Å². The molecule has 0 saturated heterocycles. The first-order chi connectivity index (χ1) is 5.75. The quantitative estimate of drug-likeness (QED) is 0.772. The lowest BCUT2D eigenvalue weighted by atomic mass is 9.91. The van der Waals surface area contributed by atoms with Gasteiger partial charge in [0.1, 0.15) is 0 Å². The van der Waals surface area contributed by atoms with E-state index in [-0.39, 0.29) is 0 Å². The molecule has 0 aliphatic carbocycles. The highest BCUT2D eigenvalue weighted by Crippen LogP contribution is 2.35. The third kappa shape index (κ3) is 1.96. The molecule has 0 aromatic rings. The summed E-state index contributed by atoms with van der Waals surface area (Å²) in [6.45, 7) is 12.0. The van der Waals surface area contributed by atoms with Gasteiger partial charge in [-0.1, -0.05) is 0 Å². The van der Waals surface area contributed by atoms with Crippen molar-refractivity contribution in [2.24, 2.45) is 5.73 Å². The zero-order valence-electron chi connectivity index (χ0n) is 10.3. The lowest BCUT2D eigenvalue weighted by Gasteiger charge is -2.42. The third-order valence-electron chi connectivity index (χ3n) is 3.03. The third-order valence-corrected chi connectivity index (χ3v) is 6.51. The van der Waals surface area contributed by atoms with Crippen LogP contribution in [0.25, 0.3) is 0 Å². The Morgan fingerprint density at radius 1 is 0.857 bits per heavy atom. The van der Waals surface area contributed by atoms with Gasteiger partial charge in [0.2, 0.25) is 0 Å². The molecule has 0 bridgehead atoms. The predicted molar refractivity (Wildman–Crippen MR) is 61.0 cm³/mol. The molecular weight excluding hydrogens is 198 g/mol. The summed E-state index contributed by atoms with van der Waals surface area (Å²) in [5.74, 6) is 0. The fourth-order valence-electron chi connectivity index (χ4n) is 1.11. The van der Waals surface area contributed by atoms with Crippen LogP contribution in [0, 0.1) is 0 Å². The number of hydrogen-bond acceptors (Lipinski definition) is 3. The lowest BCUT2D eigenvalue weighted by molar-refractivity contribution is 0.376. The summed E-state index contributed by atoms with van der Waals surface area (Å²) >= 11 is 0. The molecule has 14 heavy (non-hydrogen) atoms. The van der Waals surface area contributed by atoms with Gasteiger partial charge in [-0.25, -0.2) is 8.42 Å². The second-order valence-corrected chi connectivity index (χ2v) is 9.10. The van der Waals surface area contributed by atoms with Crippen LogP contribution in [-0.2, 0) is 9.84 Å². The van der Waals surface area contributed by atoms with Gasteiger partial charge < -0.3 is 5.73 Å². The molecule has 2 N–H and O–H groups in total. The van der Waals surface area contributed by atoms with E-state index in [9.17, 15) is 8.42 Å². The van der Waals surface area contributed by atoms with Gasteiger partial charge in [-0.3, -0.25) is 0 Å².